The number of carbonyl (C=O) groups excluding carboxylic acids is 1. The minimum atomic E-state index is -0.932. The van der Waals surface area contributed by atoms with Gasteiger partial charge < -0.3 is 20.3 Å². The highest BCUT2D eigenvalue weighted by atomic mass is 16.5. The summed E-state index contributed by atoms with van der Waals surface area (Å²) in [6, 6.07) is 7.35. The van der Waals surface area contributed by atoms with Crippen molar-refractivity contribution < 1.29 is 19.7 Å². The lowest BCUT2D eigenvalue weighted by Gasteiger charge is -2.10. The molecule has 0 radical (unpaired) electrons. The average molecular weight is 239 g/mol. The molecule has 1 rings (SSSR count). The molecule has 0 aliphatic rings. The number of carbonyl (C=O) groups is 1. The van der Waals surface area contributed by atoms with Gasteiger partial charge in [0.1, 0.15) is 5.75 Å². The van der Waals surface area contributed by atoms with Crippen LogP contribution < -0.4 is 10.1 Å². The van der Waals surface area contributed by atoms with Gasteiger partial charge in [0.15, 0.2) is 6.61 Å². The Kier molecular flexibility index (Phi) is 5.45. The number of amides is 1. The molecule has 1 amide bonds. The van der Waals surface area contributed by atoms with E-state index < -0.39 is 6.10 Å². The van der Waals surface area contributed by atoms with Gasteiger partial charge in [0, 0.05) is 6.54 Å². The minimum absolute atomic E-state index is 0.0204. The van der Waals surface area contributed by atoms with Crippen LogP contribution in [0.2, 0.25) is 0 Å². The van der Waals surface area contributed by atoms with Gasteiger partial charge in [0.2, 0.25) is 0 Å². The second-order valence-corrected chi connectivity index (χ2v) is 3.74. The van der Waals surface area contributed by atoms with Gasteiger partial charge in [-0.05, 0) is 19.1 Å². The van der Waals surface area contributed by atoms with Crippen molar-refractivity contribution in [1.82, 2.24) is 5.32 Å². The van der Waals surface area contributed by atoms with Gasteiger partial charge in [-0.2, -0.15) is 0 Å². The molecule has 0 heterocycles. The number of aliphatic hydroxyl groups excluding tert-OH is 2. The number of nitrogens with one attached hydrogen (secondary N) is 1. The second-order valence-electron chi connectivity index (χ2n) is 3.74. The van der Waals surface area contributed by atoms with Crippen LogP contribution in [0.15, 0.2) is 24.3 Å². The summed E-state index contributed by atoms with van der Waals surface area (Å²) in [6.45, 7) is 1.50. The summed E-state index contributed by atoms with van der Waals surface area (Å²) in [7, 11) is 0. The van der Waals surface area contributed by atoms with Crippen LogP contribution in [0.3, 0.4) is 0 Å². The van der Waals surface area contributed by atoms with E-state index in [1.165, 1.54) is 0 Å². The van der Waals surface area contributed by atoms with E-state index in [9.17, 15) is 4.79 Å². The molecule has 0 bridgehead atoms. The molecule has 1 atom stereocenters. The molecule has 0 aromatic heterocycles. The zero-order valence-electron chi connectivity index (χ0n) is 9.72. The number of benzene rings is 1. The zero-order valence-corrected chi connectivity index (χ0v) is 9.72. The molecular weight excluding hydrogens is 222 g/mol. The van der Waals surface area contributed by atoms with Crippen molar-refractivity contribution in [3.05, 3.63) is 29.8 Å². The summed E-state index contributed by atoms with van der Waals surface area (Å²) in [5, 5.41) is 20.0. The van der Waals surface area contributed by atoms with Gasteiger partial charge in [-0.25, -0.2) is 0 Å². The summed E-state index contributed by atoms with van der Waals surface area (Å²) < 4.78 is 5.23. The molecule has 0 saturated carbocycles. The highest BCUT2D eigenvalue weighted by Gasteiger charge is 2.06. The molecule has 0 aliphatic heterocycles. The molecule has 3 N–H and O–H groups in total. The lowest BCUT2D eigenvalue weighted by Crippen LogP contribution is -2.36. The van der Waals surface area contributed by atoms with Crippen LogP contribution in [0.5, 0.6) is 5.75 Å². The number of rotatable bonds is 6. The number of hydrogen-bond donors (Lipinski definition) is 3. The van der Waals surface area contributed by atoms with Gasteiger partial charge in [-0.1, -0.05) is 17.7 Å². The largest absolute Gasteiger partial charge is 0.484 e. The topological polar surface area (TPSA) is 78.8 Å². The third-order valence-corrected chi connectivity index (χ3v) is 2.14. The van der Waals surface area contributed by atoms with Crippen LogP contribution in [0, 0.1) is 6.92 Å². The fraction of sp³-hybridized carbons (Fsp3) is 0.417. The lowest BCUT2D eigenvalue weighted by atomic mass is 10.2. The number of ether oxygens (including phenoxy) is 1. The fourth-order valence-electron chi connectivity index (χ4n) is 1.13. The van der Waals surface area contributed by atoms with Crippen LogP contribution in [0.1, 0.15) is 5.56 Å². The molecule has 5 nitrogen and oxygen atoms in total. The van der Waals surface area contributed by atoms with E-state index in [-0.39, 0.29) is 25.7 Å². The Balaban J connectivity index is 2.26. The van der Waals surface area contributed by atoms with E-state index in [0.29, 0.717) is 5.75 Å². The summed E-state index contributed by atoms with van der Waals surface area (Å²) in [5.41, 5.74) is 1.12. The molecule has 1 aromatic carbocycles. The summed E-state index contributed by atoms with van der Waals surface area (Å²) in [6.07, 6.45) is -0.932. The van der Waals surface area contributed by atoms with Crippen molar-refractivity contribution in [2.75, 3.05) is 19.8 Å². The Morgan fingerprint density at radius 2 is 2.06 bits per heavy atom. The number of aryl methyl sites for hydroxylation is 1. The van der Waals surface area contributed by atoms with E-state index in [2.05, 4.69) is 5.32 Å². The molecule has 1 aromatic rings. The van der Waals surface area contributed by atoms with Gasteiger partial charge in [0.05, 0.1) is 12.7 Å². The van der Waals surface area contributed by atoms with Crippen LogP contribution in [-0.2, 0) is 4.79 Å². The number of aliphatic hydroxyl groups is 2. The second kappa shape index (κ2) is 6.88. The highest BCUT2D eigenvalue weighted by molar-refractivity contribution is 5.77. The van der Waals surface area contributed by atoms with Crippen molar-refractivity contribution in [1.29, 1.82) is 0 Å². The van der Waals surface area contributed by atoms with Crippen molar-refractivity contribution in [2.24, 2.45) is 0 Å². The molecule has 0 spiro atoms. The van der Waals surface area contributed by atoms with Crippen LogP contribution >= 0.6 is 0 Å². The van der Waals surface area contributed by atoms with E-state index >= 15 is 0 Å². The first-order chi connectivity index (χ1) is 8.11. The third kappa shape index (κ3) is 5.33. The molecule has 0 fully saturated rings. The molecular formula is C12H17NO4. The average Bonchev–Trinajstić information content (AvgIpc) is 2.35. The van der Waals surface area contributed by atoms with E-state index in [0.717, 1.165) is 5.56 Å². The SMILES string of the molecule is Cc1ccc(OCC(=O)NCC(O)CO)cc1. The van der Waals surface area contributed by atoms with E-state index in [1.807, 2.05) is 19.1 Å². The Morgan fingerprint density at radius 1 is 1.41 bits per heavy atom. The molecule has 1 unspecified atom stereocenters. The minimum Gasteiger partial charge on any atom is -0.484 e. The molecule has 17 heavy (non-hydrogen) atoms. The van der Waals surface area contributed by atoms with Gasteiger partial charge in [-0.15, -0.1) is 0 Å². The Hall–Kier alpha value is -1.59. The monoisotopic (exact) mass is 239 g/mol. The Bertz CT molecular complexity index is 350. The highest BCUT2D eigenvalue weighted by Crippen LogP contribution is 2.10. The third-order valence-electron chi connectivity index (χ3n) is 2.14. The quantitative estimate of drug-likeness (QED) is 0.644. The van der Waals surface area contributed by atoms with Crippen LogP contribution in [0.25, 0.3) is 0 Å². The molecule has 5 heteroatoms. The molecule has 0 saturated heterocycles. The smallest absolute Gasteiger partial charge is 0.258 e. The van der Waals surface area contributed by atoms with E-state index in [1.54, 1.807) is 12.1 Å². The first-order valence-electron chi connectivity index (χ1n) is 5.37. The summed E-state index contributed by atoms with van der Waals surface area (Å²) in [5.74, 6) is 0.284. The van der Waals surface area contributed by atoms with Gasteiger partial charge in [0.25, 0.3) is 5.91 Å². The van der Waals surface area contributed by atoms with Gasteiger partial charge >= 0.3 is 0 Å². The lowest BCUT2D eigenvalue weighted by molar-refractivity contribution is -0.123. The fourth-order valence-corrected chi connectivity index (χ4v) is 1.13. The first kappa shape index (κ1) is 13.5. The standard InChI is InChI=1S/C12H17NO4/c1-9-2-4-11(5-3-9)17-8-12(16)13-6-10(15)7-14/h2-5,10,14-15H,6-8H2,1H3,(H,13,16). The van der Waals surface area contributed by atoms with Gasteiger partial charge in [-0.3, -0.25) is 4.79 Å². The van der Waals surface area contributed by atoms with Crippen molar-refractivity contribution in [3.63, 3.8) is 0 Å². The summed E-state index contributed by atoms with van der Waals surface area (Å²) >= 11 is 0. The molecule has 0 aliphatic carbocycles. The first-order valence-corrected chi connectivity index (χ1v) is 5.37. The maximum Gasteiger partial charge on any atom is 0.258 e. The predicted molar refractivity (Wildman–Crippen MR) is 62.8 cm³/mol. The predicted octanol–water partition coefficient (Wildman–Crippen LogP) is -0.157. The van der Waals surface area contributed by atoms with Crippen LogP contribution in [-0.4, -0.2) is 42.0 Å². The Morgan fingerprint density at radius 3 is 2.65 bits per heavy atom. The number of hydrogen-bond acceptors (Lipinski definition) is 4. The maximum atomic E-state index is 11.3. The molecule has 94 valence electrons. The zero-order chi connectivity index (χ0) is 12.7. The maximum absolute atomic E-state index is 11.3. The summed E-state index contributed by atoms with van der Waals surface area (Å²) in [4.78, 5) is 11.3. The van der Waals surface area contributed by atoms with Crippen molar-refractivity contribution in [3.8, 4) is 5.75 Å². The Labute approximate surface area is 100 Å². The van der Waals surface area contributed by atoms with Crippen molar-refractivity contribution >= 4 is 5.91 Å². The van der Waals surface area contributed by atoms with Crippen molar-refractivity contribution in [2.45, 2.75) is 13.0 Å². The van der Waals surface area contributed by atoms with Crippen LogP contribution in [0.4, 0.5) is 0 Å². The normalized spacial score (nSPS) is 11.9. The van der Waals surface area contributed by atoms with E-state index in [4.69, 9.17) is 14.9 Å².